The molecule has 1 aliphatic carbocycles. The van der Waals surface area contributed by atoms with E-state index >= 15 is 0 Å². The standard InChI is InChI=1S/C48H85O13P/c1-3-5-7-9-11-13-15-17-19-20-21-23-25-27-29-31-33-35-37-42(50)60-40(39-59-62(56,57)61-48-46(54)44(52)43(51)45(53)47(48)55)38-58-41(49)36-34-32-30-28-26-24-22-18-16-14-12-10-8-6-4-2/h6,8,10,12,14,16,18,22,40,43-48,51-55H,3-5,7,9,11,13,15,17,19-21,23-39H2,1-2H3,(H,56,57)/b8-6+,12-10+,16-14+,22-18+/t40-,43?,44+,45?,46?,47?,48?/m1/s1. The van der Waals surface area contributed by atoms with Gasteiger partial charge in [-0.2, -0.15) is 0 Å². The molecule has 0 bridgehead atoms. The number of hydrogen-bond acceptors (Lipinski definition) is 12. The van der Waals surface area contributed by atoms with Crippen molar-refractivity contribution in [1.29, 1.82) is 0 Å². The van der Waals surface area contributed by atoms with Crippen molar-refractivity contribution in [2.45, 2.75) is 230 Å². The molecule has 14 heteroatoms. The summed E-state index contributed by atoms with van der Waals surface area (Å²) in [6, 6.07) is 0. The molecule has 0 aromatic rings. The molecule has 62 heavy (non-hydrogen) atoms. The van der Waals surface area contributed by atoms with Gasteiger partial charge in [-0.3, -0.25) is 18.6 Å². The van der Waals surface area contributed by atoms with Gasteiger partial charge in [0, 0.05) is 12.8 Å². The molecule has 6 N–H and O–H groups in total. The van der Waals surface area contributed by atoms with Crippen LogP contribution in [0.1, 0.15) is 187 Å². The van der Waals surface area contributed by atoms with Gasteiger partial charge in [0.05, 0.1) is 6.61 Å². The van der Waals surface area contributed by atoms with E-state index in [4.69, 9.17) is 18.5 Å². The Kier molecular flexibility index (Phi) is 35.5. The van der Waals surface area contributed by atoms with Crippen LogP contribution >= 0.6 is 7.82 Å². The first-order chi connectivity index (χ1) is 29.9. The molecule has 0 radical (unpaired) electrons. The molecule has 0 aromatic heterocycles. The summed E-state index contributed by atoms with van der Waals surface area (Å²) in [7, 11) is -5.12. The van der Waals surface area contributed by atoms with E-state index in [1.807, 2.05) is 36.5 Å². The first-order valence-electron chi connectivity index (χ1n) is 24.0. The summed E-state index contributed by atoms with van der Waals surface area (Å²) in [4.78, 5) is 35.7. The minimum atomic E-state index is -5.12. The van der Waals surface area contributed by atoms with Crippen LogP contribution in [0, 0.1) is 0 Å². The van der Waals surface area contributed by atoms with Crippen LogP contribution in [0.25, 0.3) is 0 Å². The predicted molar refractivity (Wildman–Crippen MR) is 244 cm³/mol. The van der Waals surface area contributed by atoms with Crippen molar-refractivity contribution in [3.8, 4) is 0 Å². The highest BCUT2D eigenvalue weighted by atomic mass is 31.2. The summed E-state index contributed by atoms with van der Waals surface area (Å²) in [6.45, 7) is 3.15. The van der Waals surface area contributed by atoms with E-state index in [0.717, 1.165) is 64.2 Å². The molecular weight excluding hydrogens is 815 g/mol. The van der Waals surface area contributed by atoms with Crippen LogP contribution in [0.15, 0.2) is 48.6 Å². The molecule has 1 rings (SSSR count). The van der Waals surface area contributed by atoms with Crippen LogP contribution in [0.5, 0.6) is 0 Å². The zero-order valence-corrected chi connectivity index (χ0v) is 39.0. The summed E-state index contributed by atoms with van der Waals surface area (Å²) >= 11 is 0. The first kappa shape index (κ1) is 57.8. The van der Waals surface area contributed by atoms with Crippen molar-refractivity contribution in [2.75, 3.05) is 13.2 Å². The van der Waals surface area contributed by atoms with Gasteiger partial charge in [0.1, 0.15) is 43.2 Å². The molecule has 1 aliphatic rings. The number of allylic oxidation sites excluding steroid dienone is 8. The van der Waals surface area contributed by atoms with Crippen molar-refractivity contribution >= 4 is 19.8 Å². The Morgan fingerprint density at radius 1 is 0.516 bits per heavy atom. The Balaban J connectivity index is 2.44. The lowest BCUT2D eigenvalue weighted by atomic mass is 9.85. The molecule has 360 valence electrons. The van der Waals surface area contributed by atoms with E-state index in [0.29, 0.717) is 12.8 Å². The smallest absolute Gasteiger partial charge is 0.462 e. The second kappa shape index (κ2) is 38.1. The van der Waals surface area contributed by atoms with E-state index < -0.39 is 75.7 Å². The van der Waals surface area contributed by atoms with Gasteiger partial charge in [-0.05, 0) is 32.1 Å². The Morgan fingerprint density at radius 3 is 1.40 bits per heavy atom. The normalized spacial score (nSPS) is 22.3. The molecule has 0 spiro atoms. The molecule has 0 amide bonds. The Hall–Kier alpha value is -2.19. The van der Waals surface area contributed by atoms with Crippen molar-refractivity contribution in [3.05, 3.63) is 48.6 Å². The predicted octanol–water partition coefficient (Wildman–Crippen LogP) is 9.56. The van der Waals surface area contributed by atoms with Crippen molar-refractivity contribution in [3.63, 3.8) is 0 Å². The van der Waals surface area contributed by atoms with Crippen LogP contribution in [-0.4, -0.2) is 98.3 Å². The highest BCUT2D eigenvalue weighted by Gasteiger charge is 2.51. The van der Waals surface area contributed by atoms with Crippen LogP contribution < -0.4 is 0 Å². The molecular formula is C48H85O13P. The van der Waals surface area contributed by atoms with Gasteiger partial charge in [0.2, 0.25) is 0 Å². The number of phosphoric ester groups is 1. The van der Waals surface area contributed by atoms with Gasteiger partial charge in [-0.25, -0.2) is 4.57 Å². The monoisotopic (exact) mass is 901 g/mol. The van der Waals surface area contributed by atoms with Gasteiger partial charge in [-0.15, -0.1) is 0 Å². The van der Waals surface area contributed by atoms with Gasteiger partial charge < -0.3 is 39.9 Å². The number of aliphatic hydroxyl groups excluding tert-OH is 5. The minimum absolute atomic E-state index is 0.0931. The summed E-state index contributed by atoms with van der Waals surface area (Å²) in [6.07, 6.45) is 31.6. The lowest BCUT2D eigenvalue weighted by Gasteiger charge is -2.41. The van der Waals surface area contributed by atoms with Crippen LogP contribution in [0.2, 0.25) is 0 Å². The second-order valence-corrected chi connectivity index (χ2v) is 18.1. The summed E-state index contributed by atoms with van der Waals surface area (Å²) in [5, 5.41) is 50.2. The largest absolute Gasteiger partial charge is 0.472 e. The topological polar surface area (TPSA) is 210 Å². The fraction of sp³-hybridized carbons (Fsp3) is 0.792. The molecule has 1 fully saturated rings. The van der Waals surface area contributed by atoms with Crippen molar-refractivity contribution in [1.82, 2.24) is 0 Å². The zero-order valence-electron chi connectivity index (χ0n) is 38.2. The molecule has 0 saturated heterocycles. The van der Waals surface area contributed by atoms with Gasteiger partial charge in [0.15, 0.2) is 6.10 Å². The molecule has 1 saturated carbocycles. The van der Waals surface area contributed by atoms with Crippen molar-refractivity contribution < 1.29 is 63.1 Å². The number of rotatable bonds is 39. The summed E-state index contributed by atoms with van der Waals surface area (Å²) in [5.41, 5.74) is 0. The second-order valence-electron chi connectivity index (χ2n) is 16.7. The van der Waals surface area contributed by atoms with Crippen molar-refractivity contribution in [2.24, 2.45) is 0 Å². The third-order valence-electron chi connectivity index (χ3n) is 11.0. The molecule has 0 aromatic carbocycles. The van der Waals surface area contributed by atoms with Gasteiger partial charge >= 0.3 is 19.8 Å². The van der Waals surface area contributed by atoms with Crippen LogP contribution in [0.3, 0.4) is 0 Å². The Bertz CT molecular complexity index is 1270. The van der Waals surface area contributed by atoms with Crippen LogP contribution in [0.4, 0.5) is 0 Å². The lowest BCUT2D eigenvalue weighted by Crippen LogP contribution is -2.64. The van der Waals surface area contributed by atoms with E-state index in [1.165, 1.54) is 83.5 Å². The molecule has 6 unspecified atom stereocenters. The molecule has 13 nitrogen and oxygen atoms in total. The van der Waals surface area contributed by atoms with E-state index in [2.05, 4.69) is 26.0 Å². The quantitative estimate of drug-likeness (QED) is 0.0147. The summed E-state index contributed by atoms with van der Waals surface area (Å²) < 4.78 is 33.5. The van der Waals surface area contributed by atoms with Gasteiger partial charge in [0.25, 0.3) is 0 Å². The number of aliphatic hydroxyl groups is 5. The maximum absolute atomic E-state index is 12.8. The number of hydrogen-bond donors (Lipinski definition) is 6. The number of carbonyl (C=O) groups excluding carboxylic acids is 2. The Labute approximate surface area is 373 Å². The molecule has 0 aliphatic heterocycles. The number of carbonyl (C=O) groups is 2. The highest BCUT2D eigenvalue weighted by molar-refractivity contribution is 7.47. The Morgan fingerprint density at radius 2 is 0.919 bits per heavy atom. The third-order valence-corrected chi connectivity index (χ3v) is 12.0. The van der Waals surface area contributed by atoms with E-state index in [1.54, 1.807) is 0 Å². The number of ether oxygens (including phenoxy) is 2. The maximum atomic E-state index is 12.8. The maximum Gasteiger partial charge on any atom is 0.472 e. The van der Waals surface area contributed by atoms with Gasteiger partial charge in [-0.1, -0.05) is 191 Å². The van der Waals surface area contributed by atoms with E-state index in [9.17, 15) is 44.6 Å². The fourth-order valence-corrected chi connectivity index (χ4v) is 8.15. The highest BCUT2D eigenvalue weighted by Crippen LogP contribution is 2.47. The summed E-state index contributed by atoms with van der Waals surface area (Å²) in [5.74, 6) is -1.12. The fourth-order valence-electron chi connectivity index (χ4n) is 7.18. The van der Waals surface area contributed by atoms with E-state index in [-0.39, 0.29) is 12.8 Å². The number of esters is 2. The molecule has 0 heterocycles. The van der Waals surface area contributed by atoms with Crippen LogP contribution in [-0.2, 0) is 32.7 Å². The first-order valence-corrected chi connectivity index (χ1v) is 25.5. The third kappa shape index (κ3) is 30.0. The average Bonchev–Trinajstić information content (AvgIpc) is 3.25. The number of phosphoric acid groups is 1. The zero-order chi connectivity index (χ0) is 45.7. The lowest BCUT2D eigenvalue weighted by molar-refractivity contribution is -0.220. The SMILES string of the molecule is CC/C=C/C=C/C=C/C=C/CCCCCCCC(=O)OC[C@H](COP(=O)(O)OC1C(O)C(O)C(O)[C@H](O)C1O)OC(=O)CCCCCCCCCCCCCCCCCCCC. The minimum Gasteiger partial charge on any atom is -0.462 e. The molecule has 8 atom stereocenters. The average molecular weight is 901 g/mol. The number of unbranched alkanes of at least 4 members (excludes halogenated alkanes) is 22.